The zero-order chi connectivity index (χ0) is 13.0. The fourth-order valence-corrected chi connectivity index (χ4v) is 2.84. The summed E-state index contributed by atoms with van der Waals surface area (Å²) in [5.41, 5.74) is -0.493. The monoisotopic (exact) mass is 255 g/mol. The van der Waals surface area contributed by atoms with E-state index in [0.29, 0.717) is 6.04 Å². The second-order valence-electron chi connectivity index (χ2n) is 5.58. The summed E-state index contributed by atoms with van der Waals surface area (Å²) in [5, 5.41) is 3.51. The Kier molecular flexibility index (Phi) is 4.62. The second kappa shape index (κ2) is 6.02. The SMILES string of the molecule is CCCOC1CCCC(NC2CC2)(C(=O)OC)C1. The molecular weight excluding hydrogens is 230 g/mol. The molecule has 0 aromatic rings. The number of hydrogen-bond donors (Lipinski definition) is 1. The summed E-state index contributed by atoms with van der Waals surface area (Å²) >= 11 is 0. The van der Waals surface area contributed by atoms with Gasteiger partial charge in [-0.2, -0.15) is 0 Å². The first-order valence-corrected chi connectivity index (χ1v) is 7.18. The van der Waals surface area contributed by atoms with Crippen molar-refractivity contribution in [2.45, 2.75) is 69.6 Å². The van der Waals surface area contributed by atoms with Gasteiger partial charge in [-0.3, -0.25) is 10.1 Å². The molecular formula is C14H25NO3. The summed E-state index contributed by atoms with van der Waals surface area (Å²) in [6.07, 6.45) is 7.31. The minimum absolute atomic E-state index is 0.112. The van der Waals surface area contributed by atoms with Crippen LogP contribution in [0.15, 0.2) is 0 Å². The van der Waals surface area contributed by atoms with Crippen molar-refractivity contribution in [3.05, 3.63) is 0 Å². The average molecular weight is 255 g/mol. The first-order chi connectivity index (χ1) is 8.70. The van der Waals surface area contributed by atoms with Gasteiger partial charge in [-0.1, -0.05) is 6.92 Å². The highest BCUT2D eigenvalue weighted by atomic mass is 16.5. The lowest BCUT2D eigenvalue weighted by atomic mass is 9.79. The topological polar surface area (TPSA) is 47.6 Å². The highest BCUT2D eigenvalue weighted by Crippen LogP contribution is 2.35. The highest BCUT2D eigenvalue weighted by molar-refractivity contribution is 5.81. The fourth-order valence-electron chi connectivity index (χ4n) is 2.84. The second-order valence-corrected chi connectivity index (χ2v) is 5.58. The molecule has 2 unspecified atom stereocenters. The predicted molar refractivity (Wildman–Crippen MR) is 69.4 cm³/mol. The molecule has 0 amide bonds. The van der Waals surface area contributed by atoms with Crippen molar-refractivity contribution in [3.8, 4) is 0 Å². The summed E-state index contributed by atoms with van der Waals surface area (Å²) in [7, 11) is 1.48. The van der Waals surface area contributed by atoms with Crippen LogP contribution in [0.3, 0.4) is 0 Å². The third-order valence-electron chi connectivity index (χ3n) is 3.90. The van der Waals surface area contributed by atoms with E-state index in [-0.39, 0.29) is 12.1 Å². The standard InChI is InChI=1S/C14H25NO3/c1-3-9-18-12-5-4-8-14(10-12,13(16)17-2)15-11-6-7-11/h11-12,15H,3-10H2,1-2H3. The quantitative estimate of drug-likeness (QED) is 0.738. The normalized spacial score (nSPS) is 32.2. The first kappa shape index (κ1) is 13.8. The number of nitrogens with one attached hydrogen (secondary N) is 1. The van der Waals surface area contributed by atoms with E-state index in [9.17, 15) is 4.79 Å². The molecule has 2 aliphatic rings. The number of methoxy groups -OCH3 is 1. The Hall–Kier alpha value is -0.610. The van der Waals surface area contributed by atoms with Crippen LogP contribution in [0.2, 0.25) is 0 Å². The molecule has 0 saturated heterocycles. The van der Waals surface area contributed by atoms with Crippen molar-refractivity contribution >= 4 is 5.97 Å². The van der Waals surface area contributed by atoms with Crippen molar-refractivity contribution in [1.29, 1.82) is 0 Å². The molecule has 4 nitrogen and oxygen atoms in total. The maximum atomic E-state index is 12.1. The van der Waals surface area contributed by atoms with Crippen molar-refractivity contribution in [3.63, 3.8) is 0 Å². The lowest BCUT2D eigenvalue weighted by Gasteiger charge is -2.39. The van der Waals surface area contributed by atoms with Gasteiger partial charge in [-0.25, -0.2) is 0 Å². The molecule has 0 aliphatic heterocycles. The van der Waals surface area contributed by atoms with Crippen molar-refractivity contribution < 1.29 is 14.3 Å². The van der Waals surface area contributed by atoms with Gasteiger partial charge in [0.05, 0.1) is 13.2 Å². The van der Waals surface area contributed by atoms with Crippen LogP contribution in [0.25, 0.3) is 0 Å². The first-order valence-electron chi connectivity index (χ1n) is 7.18. The summed E-state index contributed by atoms with van der Waals surface area (Å²) in [6.45, 7) is 2.89. The summed E-state index contributed by atoms with van der Waals surface area (Å²) in [4.78, 5) is 12.1. The maximum Gasteiger partial charge on any atom is 0.326 e. The highest BCUT2D eigenvalue weighted by Gasteiger charge is 2.46. The van der Waals surface area contributed by atoms with E-state index in [0.717, 1.165) is 38.7 Å². The average Bonchev–Trinajstić information content (AvgIpc) is 3.19. The van der Waals surface area contributed by atoms with Gasteiger partial charge in [0.25, 0.3) is 0 Å². The minimum atomic E-state index is -0.493. The zero-order valence-electron chi connectivity index (χ0n) is 11.5. The van der Waals surface area contributed by atoms with Crippen LogP contribution in [-0.2, 0) is 14.3 Å². The predicted octanol–water partition coefficient (Wildman–Crippen LogP) is 2.02. The Labute approximate surface area is 109 Å². The van der Waals surface area contributed by atoms with Gasteiger partial charge in [0.15, 0.2) is 0 Å². The van der Waals surface area contributed by atoms with E-state index in [1.165, 1.54) is 20.0 Å². The molecule has 0 spiro atoms. The lowest BCUT2D eigenvalue weighted by Crippen LogP contribution is -2.57. The van der Waals surface area contributed by atoms with Crippen LogP contribution in [0.4, 0.5) is 0 Å². The van der Waals surface area contributed by atoms with E-state index >= 15 is 0 Å². The third-order valence-corrected chi connectivity index (χ3v) is 3.90. The van der Waals surface area contributed by atoms with Crippen molar-refractivity contribution in [1.82, 2.24) is 5.32 Å². The van der Waals surface area contributed by atoms with Gasteiger partial charge in [-0.05, 0) is 38.5 Å². The number of ether oxygens (including phenoxy) is 2. The Morgan fingerprint density at radius 1 is 1.39 bits per heavy atom. The van der Waals surface area contributed by atoms with Gasteiger partial charge in [0, 0.05) is 19.1 Å². The molecule has 0 heterocycles. The summed E-state index contributed by atoms with van der Waals surface area (Å²) in [5.74, 6) is -0.112. The zero-order valence-corrected chi connectivity index (χ0v) is 11.5. The smallest absolute Gasteiger partial charge is 0.326 e. The van der Waals surface area contributed by atoms with Gasteiger partial charge in [0.2, 0.25) is 0 Å². The summed E-state index contributed by atoms with van der Waals surface area (Å²) in [6, 6.07) is 0.508. The number of rotatable bonds is 6. The van der Waals surface area contributed by atoms with Crippen molar-refractivity contribution in [2.75, 3.05) is 13.7 Å². The molecule has 2 atom stereocenters. The molecule has 4 heteroatoms. The largest absolute Gasteiger partial charge is 0.468 e. The molecule has 18 heavy (non-hydrogen) atoms. The van der Waals surface area contributed by atoms with E-state index in [2.05, 4.69) is 12.2 Å². The molecule has 2 saturated carbocycles. The van der Waals surface area contributed by atoms with Crippen molar-refractivity contribution in [2.24, 2.45) is 0 Å². The molecule has 0 aromatic carbocycles. The Morgan fingerprint density at radius 2 is 2.17 bits per heavy atom. The van der Waals surface area contributed by atoms with Crippen LogP contribution in [0, 0.1) is 0 Å². The number of carbonyl (C=O) groups is 1. The fraction of sp³-hybridized carbons (Fsp3) is 0.929. The van der Waals surface area contributed by atoms with Crippen LogP contribution >= 0.6 is 0 Å². The Morgan fingerprint density at radius 3 is 2.78 bits per heavy atom. The molecule has 0 radical (unpaired) electrons. The Bertz CT molecular complexity index is 291. The van der Waals surface area contributed by atoms with Crippen LogP contribution < -0.4 is 5.32 Å². The number of hydrogen-bond acceptors (Lipinski definition) is 4. The van der Waals surface area contributed by atoms with Gasteiger partial charge < -0.3 is 9.47 Å². The minimum Gasteiger partial charge on any atom is -0.468 e. The Balaban J connectivity index is 2.00. The molecule has 2 fully saturated rings. The molecule has 104 valence electrons. The van der Waals surface area contributed by atoms with Gasteiger partial charge in [-0.15, -0.1) is 0 Å². The third kappa shape index (κ3) is 3.23. The van der Waals surface area contributed by atoms with E-state index in [1.807, 2.05) is 0 Å². The van der Waals surface area contributed by atoms with Crippen LogP contribution in [0.1, 0.15) is 51.9 Å². The number of esters is 1. The molecule has 0 bridgehead atoms. The lowest BCUT2D eigenvalue weighted by molar-refractivity contribution is -0.153. The number of carbonyl (C=O) groups excluding carboxylic acids is 1. The molecule has 2 rings (SSSR count). The van der Waals surface area contributed by atoms with E-state index in [1.54, 1.807) is 0 Å². The van der Waals surface area contributed by atoms with Crippen LogP contribution in [0.5, 0.6) is 0 Å². The maximum absolute atomic E-state index is 12.1. The molecule has 2 aliphatic carbocycles. The molecule has 0 aromatic heterocycles. The summed E-state index contributed by atoms with van der Waals surface area (Å²) < 4.78 is 10.9. The van der Waals surface area contributed by atoms with Gasteiger partial charge in [0.1, 0.15) is 5.54 Å². The van der Waals surface area contributed by atoms with Gasteiger partial charge >= 0.3 is 5.97 Å². The van der Waals surface area contributed by atoms with Crippen LogP contribution in [-0.4, -0.2) is 37.4 Å². The molecule has 1 N–H and O–H groups in total. The van der Waals surface area contributed by atoms with E-state index in [4.69, 9.17) is 9.47 Å². The van der Waals surface area contributed by atoms with E-state index < -0.39 is 5.54 Å².